The lowest BCUT2D eigenvalue weighted by Crippen LogP contribution is -2.17. The summed E-state index contributed by atoms with van der Waals surface area (Å²) >= 11 is 0. The highest BCUT2D eigenvalue weighted by Gasteiger charge is 2.28. The average molecular weight is 447 g/mol. The second-order valence-corrected chi connectivity index (χ2v) is 8.87. The summed E-state index contributed by atoms with van der Waals surface area (Å²) in [6, 6.07) is 20.2. The quantitative estimate of drug-likeness (QED) is 0.218. The molecular formula is C30H22O4. The molecule has 34 heavy (non-hydrogen) atoms. The Kier molecular flexibility index (Phi) is 4.90. The second-order valence-electron chi connectivity index (χ2n) is 8.87. The van der Waals surface area contributed by atoms with E-state index < -0.39 is 11.6 Å². The zero-order valence-electron chi connectivity index (χ0n) is 19.4. The molecule has 0 radical (unpaired) electrons. The lowest BCUT2D eigenvalue weighted by Gasteiger charge is -2.18. The Morgan fingerprint density at radius 3 is 1.03 bits per heavy atom. The highest BCUT2D eigenvalue weighted by Crippen LogP contribution is 2.37. The van der Waals surface area contributed by atoms with Gasteiger partial charge in [0.25, 0.3) is 0 Å². The van der Waals surface area contributed by atoms with Crippen LogP contribution in [-0.2, 0) is 0 Å². The van der Waals surface area contributed by atoms with Crippen molar-refractivity contribution >= 4 is 66.2 Å². The van der Waals surface area contributed by atoms with E-state index in [1.807, 2.05) is 24.3 Å². The van der Waals surface area contributed by atoms with Gasteiger partial charge < -0.3 is 0 Å². The molecule has 0 saturated carbocycles. The number of hydrogen-bond acceptors (Lipinski definition) is 4. The van der Waals surface area contributed by atoms with E-state index >= 15 is 0 Å². The van der Waals surface area contributed by atoms with Gasteiger partial charge in [-0.2, -0.15) is 0 Å². The first kappa shape index (κ1) is 21.7. The minimum Gasteiger partial charge on any atom is -0.294 e. The van der Waals surface area contributed by atoms with Crippen molar-refractivity contribution in [2.24, 2.45) is 0 Å². The molecule has 0 atom stereocenters. The third kappa shape index (κ3) is 3.22. The zero-order valence-corrected chi connectivity index (χ0v) is 19.4. The second kappa shape index (κ2) is 7.70. The van der Waals surface area contributed by atoms with Crippen LogP contribution in [0, 0.1) is 0 Å². The number of ketones is 4. The highest BCUT2D eigenvalue weighted by atomic mass is 16.1. The van der Waals surface area contributed by atoms with E-state index in [4.69, 9.17) is 0 Å². The van der Waals surface area contributed by atoms with Crippen molar-refractivity contribution in [2.75, 3.05) is 0 Å². The van der Waals surface area contributed by atoms with E-state index in [0.717, 1.165) is 32.3 Å². The van der Waals surface area contributed by atoms with Crippen LogP contribution in [0.25, 0.3) is 43.1 Å². The minimum atomic E-state index is -0.412. The van der Waals surface area contributed by atoms with Crippen molar-refractivity contribution in [1.29, 1.82) is 0 Å². The zero-order chi connectivity index (χ0) is 24.3. The third-order valence-electron chi connectivity index (χ3n) is 6.49. The van der Waals surface area contributed by atoms with E-state index in [0.29, 0.717) is 10.8 Å². The molecule has 0 amide bonds. The number of Topliss-reactive ketones (excluding diaryl/α,β-unsaturated/α-hetero) is 4. The monoisotopic (exact) mass is 446 g/mol. The molecule has 0 N–H and O–H groups in total. The van der Waals surface area contributed by atoms with Crippen LogP contribution in [-0.4, -0.2) is 23.1 Å². The van der Waals surface area contributed by atoms with Crippen LogP contribution < -0.4 is 0 Å². The van der Waals surface area contributed by atoms with Crippen LogP contribution in [0.4, 0.5) is 0 Å². The molecule has 0 bridgehead atoms. The Morgan fingerprint density at radius 1 is 0.412 bits per heavy atom. The van der Waals surface area contributed by atoms with Gasteiger partial charge in [0.15, 0.2) is 23.1 Å². The Balaban J connectivity index is 2.01. The highest BCUT2D eigenvalue weighted by molar-refractivity contribution is 6.28. The number of carbonyl (C=O) groups is 4. The molecule has 166 valence electrons. The largest absolute Gasteiger partial charge is 0.294 e. The van der Waals surface area contributed by atoms with Gasteiger partial charge >= 0.3 is 0 Å². The molecule has 0 spiro atoms. The molecule has 0 saturated heterocycles. The van der Waals surface area contributed by atoms with E-state index in [1.165, 1.54) is 27.7 Å². The maximum atomic E-state index is 12.8. The number of hydrogen-bond donors (Lipinski definition) is 0. The Labute approximate surface area is 196 Å². The van der Waals surface area contributed by atoms with Gasteiger partial charge in [0.1, 0.15) is 0 Å². The first-order valence-corrected chi connectivity index (χ1v) is 11.1. The van der Waals surface area contributed by atoms with Gasteiger partial charge in [0, 0.05) is 22.3 Å². The average Bonchev–Trinajstić information content (AvgIpc) is 2.77. The van der Waals surface area contributed by atoms with Crippen LogP contribution in [0.5, 0.6) is 0 Å². The molecule has 0 fully saturated rings. The van der Waals surface area contributed by atoms with Crippen LogP contribution in [0.3, 0.4) is 0 Å². The number of rotatable bonds is 4. The summed E-state index contributed by atoms with van der Waals surface area (Å²) < 4.78 is 0. The summed E-state index contributed by atoms with van der Waals surface area (Å²) in [6.45, 7) is 5.41. The normalized spacial score (nSPS) is 11.4. The van der Waals surface area contributed by atoms with Crippen LogP contribution >= 0.6 is 0 Å². The predicted octanol–water partition coefficient (Wildman–Crippen LogP) is 7.11. The fourth-order valence-corrected chi connectivity index (χ4v) is 5.11. The molecule has 0 aliphatic heterocycles. The SMILES string of the molecule is CC(=O)c1c(C(C)=O)c(C(C)=O)c2cc3cc4cc5ccccc5cc4cc3cc2c1C(C)=O. The van der Waals surface area contributed by atoms with Gasteiger partial charge in [-0.05, 0) is 107 Å². The van der Waals surface area contributed by atoms with Crippen molar-refractivity contribution in [1.82, 2.24) is 0 Å². The summed E-state index contributed by atoms with van der Waals surface area (Å²) in [7, 11) is 0. The molecule has 0 unspecified atom stereocenters. The summed E-state index contributed by atoms with van der Waals surface area (Å²) in [5.41, 5.74) is 0.448. The van der Waals surface area contributed by atoms with Crippen LogP contribution in [0.15, 0.2) is 60.7 Å². The summed E-state index contributed by atoms with van der Waals surface area (Å²) in [6.07, 6.45) is 0. The maximum absolute atomic E-state index is 12.8. The lowest BCUT2D eigenvalue weighted by molar-refractivity contribution is 0.0960. The molecule has 4 nitrogen and oxygen atoms in total. The fourth-order valence-electron chi connectivity index (χ4n) is 5.11. The fraction of sp³-hybridized carbons (Fsp3) is 0.133. The smallest absolute Gasteiger partial charge is 0.161 e. The molecule has 5 aromatic carbocycles. The molecule has 0 aliphatic carbocycles. The van der Waals surface area contributed by atoms with E-state index in [9.17, 15) is 19.2 Å². The van der Waals surface area contributed by atoms with Crippen molar-refractivity contribution in [3.63, 3.8) is 0 Å². The molecule has 0 heterocycles. The van der Waals surface area contributed by atoms with Gasteiger partial charge in [-0.3, -0.25) is 19.2 Å². The Bertz CT molecular complexity index is 1630. The van der Waals surface area contributed by atoms with Crippen molar-refractivity contribution in [3.05, 3.63) is 82.9 Å². The van der Waals surface area contributed by atoms with E-state index in [2.05, 4.69) is 36.4 Å². The Hall–Kier alpha value is -4.18. The lowest BCUT2D eigenvalue weighted by atomic mass is 9.82. The summed E-state index contributed by atoms with van der Waals surface area (Å²) in [5.74, 6) is -1.47. The summed E-state index contributed by atoms with van der Waals surface area (Å²) in [4.78, 5) is 50.9. The predicted molar refractivity (Wildman–Crippen MR) is 136 cm³/mol. The Morgan fingerprint density at radius 2 is 0.706 bits per heavy atom. The number of fused-ring (bicyclic) bond motifs is 4. The minimum absolute atomic E-state index is 0.0313. The first-order valence-electron chi connectivity index (χ1n) is 11.1. The first-order chi connectivity index (χ1) is 16.2. The molecule has 4 heteroatoms. The van der Waals surface area contributed by atoms with E-state index in [-0.39, 0.29) is 33.8 Å². The molecule has 0 aromatic heterocycles. The van der Waals surface area contributed by atoms with E-state index in [1.54, 1.807) is 0 Å². The van der Waals surface area contributed by atoms with Gasteiger partial charge in [-0.15, -0.1) is 0 Å². The van der Waals surface area contributed by atoms with Crippen molar-refractivity contribution in [2.45, 2.75) is 27.7 Å². The standard InChI is InChI=1S/C30H22O4/c1-15(31)27-25-13-23-11-21-9-19-7-5-6-8-20(19)10-22(21)12-24(23)14-26(25)28(16(2)32)30(18(4)34)29(27)17(3)33/h5-14H,1-4H3. The van der Waals surface area contributed by atoms with Crippen molar-refractivity contribution in [3.8, 4) is 0 Å². The molecule has 5 aromatic rings. The number of benzene rings is 5. The van der Waals surface area contributed by atoms with Crippen molar-refractivity contribution < 1.29 is 19.2 Å². The molecule has 5 rings (SSSR count). The van der Waals surface area contributed by atoms with Crippen LogP contribution in [0.2, 0.25) is 0 Å². The van der Waals surface area contributed by atoms with Gasteiger partial charge in [-0.1, -0.05) is 24.3 Å². The topological polar surface area (TPSA) is 68.3 Å². The molecule has 0 aliphatic rings. The molecular weight excluding hydrogens is 424 g/mol. The van der Waals surface area contributed by atoms with Gasteiger partial charge in [0.05, 0.1) is 0 Å². The van der Waals surface area contributed by atoms with Gasteiger partial charge in [-0.25, -0.2) is 0 Å². The van der Waals surface area contributed by atoms with Crippen LogP contribution in [0.1, 0.15) is 69.1 Å². The summed E-state index contributed by atoms with van der Waals surface area (Å²) in [5, 5.41) is 7.16. The van der Waals surface area contributed by atoms with Gasteiger partial charge in [0.2, 0.25) is 0 Å². The third-order valence-corrected chi connectivity index (χ3v) is 6.49. The maximum Gasteiger partial charge on any atom is 0.161 e. The number of carbonyl (C=O) groups excluding carboxylic acids is 4.